The molecular weight excluding hydrogens is 523 g/mol. The minimum Gasteiger partial charge on any atom is -0.497 e. The molecule has 0 spiro atoms. The number of hydrogen-bond donors (Lipinski definition) is 1. The Morgan fingerprint density at radius 3 is 2.47 bits per heavy atom. The molecule has 0 fully saturated rings. The van der Waals surface area contributed by atoms with Crippen LogP contribution < -0.4 is 10.1 Å². The number of pyridine rings is 1. The summed E-state index contributed by atoms with van der Waals surface area (Å²) in [6.07, 6.45) is 1.75. The van der Waals surface area contributed by atoms with Gasteiger partial charge in [-0.3, -0.25) is 4.79 Å². The molecule has 1 atom stereocenters. The Bertz CT molecular complexity index is 1440. The summed E-state index contributed by atoms with van der Waals surface area (Å²) < 4.78 is 10.7. The number of hydrogen-bond acceptors (Lipinski definition) is 5. The molecule has 0 aliphatic rings. The lowest BCUT2D eigenvalue weighted by molar-refractivity contribution is -0.124. The highest BCUT2D eigenvalue weighted by molar-refractivity contribution is 6.35. The van der Waals surface area contributed by atoms with Crippen LogP contribution in [0.15, 0.2) is 72.8 Å². The number of carbonyl (C=O) groups is 2. The van der Waals surface area contributed by atoms with Crippen LogP contribution in [-0.4, -0.2) is 37.1 Å². The lowest BCUT2D eigenvalue weighted by Gasteiger charge is -2.19. The van der Waals surface area contributed by atoms with Crippen molar-refractivity contribution in [3.05, 3.63) is 94.0 Å². The standard InChI is InChI=1S/C30H28Cl2N2O4/c1-3-6-20(23-14-11-21(31)15-26(23)32)17-33-29(35)18-38-30(36)25-16-28(19-9-12-22(37-2)13-10-19)34-27-8-5-4-7-24(25)27/h4-5,7-16,20H,3,6,17-18H2,1-2H3,(H,33,35)/t20-/m1/s1. The van der Waals surface area contributed by atoms with Crippen LogP contribution >= 0.6 is 23.2 Å². The van der Waals surface area contributed by atoms with E-state index in [0.29, 0.717) is 38.8 Å². The number of halogens is 2. The molecule has 3 aromatic carbocycles. The van der Waals surface area contributed by atoms with Crippen LogP contribution in [0.3, 0.4) is 0 Å². The van der Waals surface area contributed by atoms with E-state index in [2.05, 4.69) is 12.2 Å². The van der Waals surface area contributed by atoms with Crippen LogP contribution in [0.2, 0.25) is 10.0 Å². The van der Waals surface area contributed by atoms with Gasteiger partial charge >= 0.3 is 5.97 Å². The second-order valence-corrected chi connectivity index (χ2v) is 9.68. The Hall–Kier alpha value is -3.61. The molecule has 0 radical (unpaired) electrons. The van der Waals surface area contributed by atoms with Gasteiger partial charge in [0.2, 0.25) is 0 Å². The molecule has 38 heavy (non-hydrogen) atoms. The van der Waals surface area contributed by atoms with Crippen LogP contribution in [0.25, 0.3) is 22.2 Å². The molecule has 6 nitrogen and oxygen atoms in total. The SMILES string of the molecule is CCC[C@H](CNC(=O)COC(=O)c1cc(-c2ccc(OC)cc2)nc2ccccc12)c1ccc(Cl)cc1Cl. The van der Waals surface area contributed by atoms with Crippen LogP contribution in [0.1, 0.15) is 41.6 Å². The Morgan fingerprint density at radius 1 is 1.00 bits per heavy atom. The van der Waals surface area contributed by atoms with Gasteiger partial charge in [-0.1, -0.05) is 60.8 Å². The maximum atomic E-state index is 13.1. The van der Waals surface area contributed by atoms with E-state index < -0.39 is 18.5 Å². The molecule has 0 bridgehead atoms. The first-order valence-corrected chi connectivity index (χ1v) is 13.1. The van der Waals surface area contributed by atoms with Crippen molar-refractivity contribution in [3.8, 4) is 17.0 Å². The second kappa shape index (κ2) is 12.8. The quantitative estimate of drug-likeness (QED) is 0.213. The molecule has 1 aromatic heterocycles. The summed E-state index contributed by atoms with van der Waals surface area (Å²) in [6.45, 7) is 2.03. The van der Waals surface area contributed by atoms with Gasteiger partial charge in [-0.15, -0.1) is 0 Å². The number of para-hydroxylation sites is 1. The molecule has 4 aromatic rings. The van der Waals surface area contributed by atoms with E-state index in [1.807, 2.05) is 54.6 Å². The van der Waals surface area contributed by atoms with Crippen molar-refractivity contribution >= 4 is 46.0 Å². The van der Waals surface area contributed by atoms with Gasteiger partial charge in [-0.25, -0.2) is 9.78 Å². The Labute approximate surface area is 231 Å². The van der Waals surface area contributed by atoms with Crippen molar-refractivity contribution in [2.45, 2.75) is 25.7 Å². The van der Waals surface area contributed by atoms with Gasteiger partial charge in [0.15, 0.2) is 6.61 Å². The predicted octanol–water partition coefficient (Wildman–Crippen LogP) is 7.07. The topological polar surface area (TPSA) is 77.5 Å². The number of rotatable bonds is 10. The Morgan fingerprint density at radius 2 is 1.76 bits per heavy atom. The van der Waals surface area contributed by atoms with Crippen molar-refractivity contribution in [2.24, 2.45) is 0 Å². The third-order valence-electron chi connectivity index (χ3n) is 6.24. The third kappa shape index (κ3) is 6.63. The summed E-state index contributed by atoms with van der Waals surface area (Å²) in [5, 5.41) is 4.64. The smallest absolute Gasteiger partial charge is 0.339 e. The largest absolute Gasteiger partial charge is 0.497 e. The number of aromatic nitrogens is 1. The van der Waals surface area contributed by atoms with E-state index in [-0.39, 0.29) is 5.92 Å². The summed E-state index contributed by atoms with van der Waals surface area (Å²) in [7, 11) is 1.60. The van der Waals surface area contributed by atoms with Crippen LogP contribution in [0, 0.1) is 0 Å². The van der Waals surface area contributed by atoms with Gasteiger partial charge in [0, 0.05) is 33.5 Å². The van der Waals surface area contributed by atoms with E-state index in [4.69, 9.17) is 37.7 Å². The number of nitrogens with zero attached hydrogens (tertiary/aromatic N) is 1. The third-order valence-corrected chi connectivity index (χ3v) is 6.80. The zero-order valence-electron chi connectivity index (χ0n) is 21.2. The number of fused-ring (bicyclic) bond motifs is 1. The average Bonchev–Trinajstić information content (AvgIpc) is 2.93. The van der Waals surface area contributed by atoms with Gasteiger partial charge in [0.25, 0.3) is 5.91 Å². The van der Waals surface area contributed by atoms with E-state index in [9.17, 15) is 9.59 Å². The molecule has 4 rings (SSSR count). The highest BCUT2D eigenvalue weighted by atomic mass is 35.5. The number of amides is 1. The van der Waals surface area contributed by atoms with Gasteiger partial charge in [0.05, 0.1) is 23.9 Å². The fraction of sp³-hybridized carbons (Fsp3) is 0.233. The highest BCUT2D eigenvalue weighted by Crippen LogP contribution is 2.30. The zero-order valence-corrected chi connectivity index (χ0v) is 22.7. The molecule has 0 aliphatic carbocycles. The van der Waals surface area contributed by atoms with Crippen molar-refractivity contribution in [1.82, 2.24) is 10.3 Å². The normalized spacial score (nSPS) is 11.7. The lowest BCUT2D eigenvalue weighted by atomic mass is 9.94. The number of carbonyl (C=O) groups excluding carboxylic acids is 2. The molecule has 1 N–H and O–H groups in total. The predicted molar refractivity (Wildman–Crippen MR) is 151 cm³/mol. The molecular formula is C30H28Cl2N2O4. The minimum atomic E-state index is -0.598. The van der Waals surface area contributed by atoms with Crippen LogP contribution in [0.5, 0.6) is 5.75 Å². The van der Waals surface area contributed by atoms with Gasteiger partial charge in [-0.2, -0.15) is 0 Å². The van der Waals surface area contributed by atoms with E-state index in [1.54, 1.807) is 25.3 Å². The van der Waals surface area contributed by atoms with E-state index >= 15 is 0 Å². The second-order valence-electron chi connectivity index (χ2n) is 8.83. The molecule has 0 unspecified atom stereocenters. The first kappa shape index (κ1) is 27.4. The zero-order chi connectivity index (χ0) is 27.1. The first-order valence-electron chi connectivity index (χ1n) is 12.3. The maximum Gasteiger partial charge on any atom is 0.339 e. The molecule has 1 amide bonds. The average molecular weight is 551 g/mol. The summed E-state index contributed by atoms with van der Waals surface area (Å²) in [5.74, 6) is -0.252. The number of benzene rings is 3. The number of nitrogens with one attached hydrogen (secondary N) is 1. The number of esters is 1. The Kier molecular flexibility index (Phi) is 9.21. The fourth-order valence-electron chi connectivity index (χ4n) is 4.30. The molecule has 8 heteroatoms. The van der Waals surface area contributed by atoms with Gasteiger partial charge in [0.1, 0.15) is 5.75 Å². The molecule has 0 saturated heterocycles. The number of methoxy groups -OCH3 is 1. The summed E-state index contributed by atoms with van der Waals surface area (Å²) >= 11 is 12.4. The van der Waals surface area contributed by atoms with Gasteiger partial charge < -0.3 is 14.8 Å². The molecule has 1 heterocycles. The van der Waals surface area contributed by atoms with Crippen molar-refractivity contribution in [1.29, 1.82) is 0 Å². The molecule has 196 valence electrons. The summed E-state index contributed by atoms with van der Waals surface area (Å²) in [4.78, 5) is 30.4. The van der Waals surface area contributed by atoms with Gasteiger partial charge in [-0.05, 0) is 60.5 Å². The highest BCUT2D eigenvalue weighted by Gasteiger charge is 2.19. The van der Waals surface area contributed by atoms with Crippen molar-refractivity contribution in [3.63, 3.8) is 0 Å². The Balaban J connectivity index is 1.46. The van der Waals surface area contributed by atoms with Crippen molar-refractivity contribution < 1.29 is 19.1 Å². The lowest BCUT2D eigenvalue weighted by Crippen LogP contribution is -2.32. The van der Waals surface area contributed by atoms with E-state index in [0.717, 1.165) is 29.7 Å². The monoisotopic (exact) mass is 550 g/mol. The number of ether oxygens (including phenoxy) is 2. The molecule has 0 aliphatic heterocycles. The summed E-state index contributed by atoms with van der Waals surface area (Å²) in [6, 6.07) is 21.8. The summed E-state index contributed by atoms with van der Waals surface area (Å²) in [5.41, 5.74) is 3.35. The molecule has 0 saturated carbocycles. The minimum absolute atomic E-state index is 0.0145. The van der Waals surface area contributed by atoms with E-state index in [1.165, 1.54) is 0 Å². The van der Waals surface area contributed by atoms with Crippen LogP contribution in [0.4, 0.5) is 0 Å². The van der Waals surface area contributed by atoms with Crippen LogP contribution in [-0.2, 0) is 9.53 Å². The fourth-order valence-corrected chi connectivity index (χ4v) is 4.86. The maximum absolute atomic E-state index is 13.1. The first-order chi connectivity index (χ1) is 18.4. The van der Waals surface area contributed by atoms with Crippen molar-refractivity contribution in [2.75, 3.05) is 20.3 Å².